The van der Waals surface area contributed by atoms with Gasteiger partial charge in [-0.25, -0.2) is 0 Å². The molecule has 0 atom stereocenters. The third kappa shape index (κ3) is 3.08. The molecule has 1 fully saturated rings. The molecule has 1 aromatic heterocycles. The van der Waals surface area contributed by atoms with E-state index in [0.29, 0.717) is 48.7 Å². The monoisotopic (exact) mass is 354 g/mol. The largest absolute Gasteiger partial charge is 0.482 e. The molecule has 2 aromatic rings. The molecule has 0 unspecified atom stereocenters. The number of nitrogens with zero attached hydrogens (tertiary/aromatic N) is 1. The number of nitrogens with one attached hydrogen (secondary N) is 1. The maximum atomic E-state index is 12.8. The van der Waals surface area contributed by atoms with E-state index in [9.17, 15) is 14.4 Å². The van der Waals surface area contributed by atoms with E-state index in [-0.39, 0.29) is 30.1 Å². The Hall–Kier alpha value is -3.09. The summed E-state index contributed by atoms with van der Waals surface area (Å²) >= 11 is 0. The van der Waals surface area contributed by atoms with E-state index in [0.717, 1.165) is 0 Å². The van der Waals surface area contributed by atoms with E-state index in [1.54, 1.807) is 35.2 Å². The number of carbonyl (C=O) groups is 3. The van der Waals surface area contributed by atoms with E-state index in [1.807, 2.05) is 0 Å². The summed E-state index contributed by atoms with van der Waals surface area (Å²) in [6, 6.07) is 8.41. The second-order valence-corrected chi connectivity index (χ2v) is 6.46. The minimum absolute atomic E-state index is 0.0115. The number of likely N-dealkylation sites (tertiary alicyclic amines) is 1. The van der Waals surface area contributed by atoms with Gasteiger partial charge in [0.1, 0.15) is 5.75 Å². The van der Waals surface area contributed by atoms with Crippen molar-refractivity contribution in [2.45, 2.75) is 12.8 Å². The van der Waals surface area contributed by atoms with Crippen LogP contribution in [0.2, 0.25) is 0 Å². The predicted octanol–water partition coefficient (Wildman–Crippen LogP) is 2.35. The van der Waals surface area contributed by atoms with Crippen LogP contribution >= 0.6 is 0 Å². The summed E-state index contributed by atoms with van der Waals surface area (Å²) in [5, 5.41) is 2.72. The highest BCUT2D eigenvalue weighted by Gasteiger charge is 2.30. The van der Waals surface area contributed by atoms with E-state index in [2.05, 4.69) is 5.32 Å². The molecule has 26 heavy (non-hydrogen) atoms. The summed E-state index contributed by atoms with van der Waals surface area (Å²) in [7, 11) is 0. The van der Waals surface area contributed by atoms with Crippen molar-refractivity contribution in [3.8, 4) is 5.75 Å². The van der Waals surface area contributed by atoms with Crippen LogP contribution in [-0.4, -0.2) is 42.2 Å². The summed E-state index contributed by atoms with van der Waals surface area (Å²) in [4.78, 5) is 38.2. The summed E-state index contributed by atoms with van der Waals surface area (Å²) in [6.07, 6.45) is 2.68. The molecule has 7 nitrogen and oxygen atoms in total. The Morgan fingerprint density at radius 1 is 1.15 bits per heavy atom. The first-order valence-electron chi connectivity index (χ1n) is 8.55. The quantitative estimate of drug-likeness (QED) is 0.855. The van der Waals surface area contributed by atoms with Crippen molar-refractivity contribution in [1.82, 2.24) is 4.90 Å². The molecule has 0 spiro atoms. The van der Waals surface area contributed by atoms with Crippen LogP contribution in [0, 0.1) is 5.92 Å². The lowest BCUT2D eigenvalue weighted by Crippen LogP contribution is -2.40. The zero-order valence-electron chi connectivity index (χ0n) is 14.1. The van der Waals surface area contributed by atoms with E-state index < -0.39 is 0 Å². The van der Waals surface area contributed by atoms with Crippen LogP contribution in [0.5, 0.6) is 5.75 Å². The standard InChI is InChI=1S/C19H18N2O5/c22-17-11-26-15-4-3-13(10-14(15)20-17)18(23)12-5-7-21(8-6-12)19(24)16-2-1-9-25-16/h1-4,9-10,12H,5-8,11H2,(H,20,22). The molecule has 134 valence electrons. The molecular formula is C19H18N2O5. The lowest BCUT2D eigenvalue weighted by molar-refractivity contribution is -0.118. The summed E-state index contributed by atoms with van der Waals surface area (Å²) < 4.78 is 10.5. The Kier molecular flexibility index (Phi) is 4.20. The first-order chi connectivity index (χ1) is 12.6. The average Bonchev–Trinajstić information content (AvgIpc) is 3.21. The Balaban J connectivity index is 1.42. The van der Waals surface area contributed by atoms with Crippen molar-refractivity contribution < 1.29 is 23.5 Å². The molecule has 7 heteroatoms. The van der Waals surface area contributed by atoms with E-state index in [1.165, 1.54) is 6.26 Å². The van der Waals surface area contributed by atoms with Crippen LogP contribution in [0.3, 0.4) is 0 Å². The van der Waals surface area contributed by atoms with E-state index in [4.69, 9.17) is 9.15 Å². The Morgan fingerprint density at radius 2 is 1.96 bits per heavy atom. The third-order valence-corrected chi connectivity index (χ3v) is 4.78. The summed E-state index contributed by atoms with van der Waals surface area (Å²) in [6.45, 7) is 1.02. The number of benzene rings is 1. The Bertz CT molecular complexity index is 851. The van der Waals surface area contributed by atoms with Crippen LogP contribution in [-0.2, 0) is 4.79 Å². The molecule has 2 amide bonds. The van der Waals surface area contributed by atoms with Crippen LogP contribution < -0.4 is 10.1 Å². The SMILES string of the molecule is O=C1COc2ccc(C(=O)C3CCN(C(=O)c4ccco4)CC3)cc2N1. The minimum Gasteiger partial charge on any atom is -0.482 e. The maximum Gasteiger partial charge on any atom is 0.289 e. The maximum absolute atomic E-state index is 12.8. The zero-order valence-corrected chi connectivity index (χ0v) is 14.1. The molecule has 0 saturated carbocycles. The van der Waals surface area contributed by atoms with Crippen LogP contribution in [0.4, 0.5) is 5.69 Å². The van der Waals surface area contributed by atoms with Gasteiger partial charge in [-0.05, 0) is 43.2 Å². The lowest BCUT2D eigenvalue weighted by atomic mass is 9.88. The van der Waals surface area contributed by atoms with Crippen molar-refractivity contribution in [2.24, 2.45) is 5.92 Å². The molecule has 0 radical (unpaired) electrons. The molecule has 0 bridgehead atoms. The topological polar surface area (TPSA) is 88.9 Å². The van der Waals surface area contributed by atoms with Gasteiger partial charge in [0, 0.05) is 24.6 Å². The van der Waals surface area contributed by atoms with Crippen molar-refractivity contribution in [3.05, 3.63) is 47.9 Å². The number of fused-ring (bicyclic) bond motifs is 1. The number of ketones is 1. The smallest absolute Gasteiger partial charge is 0.289 e. The van der Waals surface area contributed by atoms with Gasteiger partial charge in [0.15, 0.2) is 18.2 Å². The number of carbonyl (C=O) groups excluding carboxylic acids is 3. The van der Waals surface area contributed by atoms with Gasteiger partial charge in [0.2, 0.25) is 0 Å². The summed E-state index contributed by atoms with van der Waals surface area (Å²) in [5.41, 5.74) is 1.07. The molecule has 0 aliphatic carbocycles. The zero-order chi connectivity index (χ0) is 18.1. The third-order valence-electron chi connectivity index (χ3n) is 4.78. The molecule has 4 rings (SSSR count). The molecule has 2 aliphatic rings. The van der Waals surface area contributed by atoms with Gasteiger partial charge in [0.25, 0.3) is 11.8 Å². The second kappa shape index (κ2) is 6.67. The summed E-state index contributed by atoms with van der Waals surface area (Å²) in [5.74, 6) is 0.397. The van der Waals surface area contributed by atoms with Gasteiger partial charge in [-0.15, -0.1) is 0 Å². The number of hydrogen-bond acceptors (Lipinski definition) is 5. The number of ether oxygens (including phenoxy) is 1. The Morgan fingerprint density at radius 3 is 2.69 bits per heavy atom. The number of anilines is 1. The molecule has 1 N–H and O–H groups in total. The fourth-order valence-electron chi connectivity index (χ4n) is 3.37. The first kappa shape index (κ1) is 16.4. The van der Waals surface area contributed by atoms with Crippen molar-refractivity contribution in [3.63, 3.8) is 0 Å². The predicted molar refractivity (Wildman–Crippen MR) is 92.2 cm³/mol. The van der Waals surface area contributed by atoms with Crippen LogP contribution in [0.1, 0.15) is 33.8 Å². The van der Waals surface area contributed by atoms with Gasteiger partial charge in [-0.1, -0.05) is 0 Å². The first-order valence-corrected chi connectivity index (χ1v) is 8.55. The molecule has 3 heterocycles. The highest BCUT2D eigenvalue weighted by Crippen LogP contribution is 2.31. The van der Waals surface area contributed by atoms with E-state index >= 15 is 0 Å². The number of furan rings is 1. The fourth-order valence-corrected chi connectivity index (χ4v) is 3.37. The number of piperidine rings is 1. The van der Waals surface area contributed by atoms with Gasteiger partial charge in [-0.2, -0.15) is 0 Å². The average molecular weight is 354 g/mol. The Labute approximate surface area is 149 Å². The lowest BCUT2D eigenvalue weighted by Gasteiger charge is -2.31. The highest BCUT2D eigenvalue weighted by molar-refractivity contribution is 6.02. The van der Waals surface area contributed by atoms with Gasteiger partial charge >= 0.3 is 0 Å². The van der Waals surface area contributed by atoms with Crippen molar-refractivity contribution >= 4 is 23.3 Å². The van der Waals surface area contributed by atoms with Gasteiger partial charge in [-0.3, -0.25) is 14.4 Å². The van der Waals surface area contributed by atoms with Crippen molar-refractivity contribution in [2.75, 3.05) is 25.0 Å². The molecule has 1 aromatic carbocycles. The number of rotatable bonds is 3. The highest BCUT2D eigenvalue weighted by atomic mass is 16.5. The van der Waals surface area contributed by atoms with Gasteiger partial charge < -0.3 is 19.4 Å². The number of hydrogen-bond donors (Lipinski definition) is 1. The molecule has 2 aliphatic heterocycles. The molecular weight excluding hydrogens is 336 g/mol. The van der Waals surface area contributed by atoms with Crippen LogP contribution in [0.15, 0.2) is 41.0 Å². The number of Topliss-reactive ketones (excluding diaryl/α,β-unsaturated/α-hetero) is 1. The molecule has 1 saturated heterocycles. The fraction of sp³-hybridized carbons (Fsp3) is 0.316. The number of amides is 2. The normalized spacial score (nSPS) is 17.2. The van der Waals surface area contributed by atoms with Crippen LogP contribution in [0.25, 0.3) is 0 Å². The van der Waals surface area contributed by atoms with Gasteiger partial charge in [0.05, 0.1) is 12.0 Å². The minimum atomic E-state index is -0.230. The second-order valence-electron chi connectivity index (χ2n) is 6.46. The van der Waals surface area contributed by atoms with Crippen molar-refractivity contribution in [1.29, 1.82) is 0 Å².